The van der Waals surface area contributed by atoms with Crippen LogP contribution in [0.4, 0.5) is 5.69 Å². The number of hydrogen-bond acceptors (Lipinski definition) is 4. The minimum Gasteiger partial charge on any atom is -0.496 e. The molecule has 0 saturated heterocycles. The van der Waals surface area contributed by atoms with Crippen LogP contribution in [-0.4, -0.2) is 22.7 Å². The van der Waals surface area contributed by atoms with Crippen LogP contribution in [0.5, 0.6) is 5.75 Å². The number of carbonyl (C=O) groups excluding carboxylic acids is 1. The van der Waals surface area contributed by atoms with Crippen LogP contribution in [-0.2, 0) is 4.79 Å². The van der Waals surface area contributed by atoms with E-state index in [4.69, 9.17) is 9.26 Å². The van der Waals surface area contributed by atoms with E-state index in [2.05, 4.69) is 10.5 Å². The van der Waals surface area contributed by atoms with Gasteiger partial charge in [-0.05, 0) is 42.5 Å². The molecule has 1 amide bonds. The van der Waals surface area contributed by atoms with Crippen molar-refractivity contribution in [1.82, 2.24) is 9.72 Å². The van der Waals surface area contributed by atoms with Crippen LogP contribution >= 0.6 is 0 Å². The number of nitrogens with one attached hydrogen (secondary N) is 1. The van der Waals surface area contributed by atoms with Gasteiger partial charge in [-0.2, -0.15) is 0 Å². The lowest BCUT2D eigenvalue weighted by Crippen LogP contribution is -2.20. The first-order chi connectivity index (χ1) is 14.2. The Hall–Kier alpha value is -3.80. The number of anilines is 1. The SMILES string of the molecule is COc1ccccc1C(CC(=O)Nc1ccc(-c2ccno2)cc1)n1cccc1. The van der Waals surface area contributed by atoms with Crippen LogP contribution in [0, 0.1) is 0 Å². The van der Waals surface area contributed by atoms with Gasteiger partial charge in [0.1, 0.15) is 5.75 Å². The number of aromatic nitrogens is 2. The molecule has 0 aliphatic heterocycles. The molecule has 146 valence electrons. The van der Waals surface area contributed by atoms with E-state index in [0.29, 0.717) is 5.76 Å². The predicted molar refractivity (Wildman–Crippen MR) is 111 cm³/mol. The van der Waals surface area contributed by atoms with Crippen molar-refractivity contribution in [1.29, 1.82) is 0 Å². The summed E-state index contributed by atoms with van der Waals surface area (Å²) in [6.45, 7) is 0. The van der Waals surface area contributed by atoms with E-state index in [-0.39, 0.29) is 18.4 Å². The Balaban J connectivity index is 1.51. The molecule has 0 fully saturated rings. The van der Waals surface area contributed by atoms with Gasteiger partial charge < -0.3 is 19.1 Å². The Morgan fingerprint density at radius 3 is 2.52 bits per heavy atom. The van der Waals surface area contributed by atoms with Crippen LogP contribution in [0.1, 0.15) is 18.0 Å². The topological polar surface area (TPSA) is 69.3 Å². The zero-order chi connectivity index (χ0) is 20.1. The van der Waals surface area contributed by atoms with E-state index in [0.717, 1.165) is 22.6 Å². The molecule has 1 unspecified atom stereocenters. The first-order valence-electron chi connectivity index (χ1n) is 9.31. The van der Waals surface area contributed by atoms with Gasteiger partial charge in [0.2, 0.25) is 5.91 Å². The molecule has 29 heavy (non-hydrogen) atoms. The molecular formula is C23H21N3O3. The fraction of sp³-hybridized carbons (Fsp3) is 0.130. The zero-order valence-corrected chi connectivity index (χ0v) is 16.0. The summed E-state index contributed by atoms with van der Waals surface area (Å²) in [7, 11) is 1.64. The number of ether oxygens (including phenoxy) is 1. The maximum absolute atomic E-state index is 12.8. The number of rotatable bonds is 7. The summed E-state index contributed by atoms with van der Waals surface area (Å²) in [6, 6.07) is 20.8. The van der Waals surface area contributed by atoms with Crippen molar-refractivity contribution in [3.63, 3.8) is 0 Å². The fourth-order valence-corrected chi connectivity index (χ4v) is 3.34. The number of carbonyl (C=O) groups is 1. The average Bonchev–Trinajstić information content (AvgIpc) is 3.47. The molecular weight excluding hydrogens is 366 g/mol. The van der Waals surface area contributed by atoms with Crippen molar-refractivity contribution in [2.45, 2.75) is 12.5 Å². The fourth-order valence-electron chi connectivity index (χ4n) is 3.34. The van der Waals surface area contributed by atoms with E-state index < -0.39 is 0 Å². The third-order valence-electron chi connectivity index (χ3n) is 4.76. The van der Waals surface area contributed by atoms with Crippen molar-refractivity contribution in [3.05, 3.63) is 90.9 Å². The highest BCUT2D eigenvalue weighted by molar-refractivity contribution is 5.91. The summed E-state index contributed by atoms with van der Waals surface area (Å²) in [5.74, 6) is 1.36. The maximum atomic E-state index is 12.8. The summed E-state index contributed by atoms with van der Waals surface area (Å²) >= 11 is 0. The number of hydrogen-bond donors (Lipinski definition) is 1. The van der Waals surface area contributed by atoms with Crippen molar-refractivity contribution < 1.29 is 14.1 Å². The second-order valence-electron chi connectivity index (χ2n) is 6.59. The average molecular weight is 387 g/mol. The Kier molecular flexibility index (Phi) is 5.42. The van der Waals surface area contributed by atoms with Gasteiger partial charge in [0.15, 0.2) is 5.76 Å². The van der Waals surface area contributed by atoms with Crippen LogP contribution in [0.15, 0.2) is 89.8 Å². The molecule has 0 spiro atoms. The van der Waals surface area contributed by atoms with E-state index in [1.807, 2.05) is 77.6 Å². The third kappa shape index (κ3) is 4.21. The first-order valence-corrected chi connectivity index (χ1v) is 9.31. The van der Waals surface area contributed by atoms with E-state index in [1.165, 1.54) is 0 Å². The molecule has 0 saturated carbocycles. The Bertz CT molecular complexity index is 1060. The van der Waals surface area contributed by atoms with Gasteiger partial charge in [0.05, 0.1) is 25.8 Å². The second kappa shape index (κ2) is 8.48. The molecule has 1 atom stereocenters. The lowest BCUT2D eigenvalue weighted by Gasteiger charge is -2.21. The van der Waals surface area contributed by atoms with Gasteiger partial charge in [-0.3, -0.25) is 4.79 Å². The number of nitrogens with zero attached hydrogens (tertiary/aromatic N) is 2. The molecule has 0 bridgehead atoms. The van der Waals surface area contributed by atoms with E-state index >= 15 is 0 Å². The third-order valence-corrected chi connectivity index (χ3v) is 4.76. The van der Waals surface area contributed by atoms with Gasteiger partial charge in [0, 0.05) is 35.3 Å². The minimum absolute atomic E-state index is 0.0815. The molecule has 2 heterocycles. The number of methoxy groups -OCH3 is 1. The van der Waals surface area contributed by atoms with E-state index in [9.17, 15) is 4.79 Å². The van der Waals surface area contributed by atoms with Crippen LogP contribution in [0.2, 0.25) is 0 Å². The summed E-state index contributed by atoms with van der Waals surface area (Å²) in [5, 5.41) is 6.69. The van der Waals surface area contributed by atoms with E-state index in [1.54, 1.807) is 19.4 Å². The van der Waals surface area contributed by atoms with Crippen molar-refractivity contribution in [2.24, 2.45) is 0 Å². The van der Waals surface area contributed by atoms with Gasteiger partial charge in [0.25, 0.3) is 0 Å². The molecule has 0 radical (unpaired) electrons. The standard InChI is InChI=1S/C23H21N3O3/c1-28-22-7-3-2-6-19(22)20(26-14-4-5-15-26)16-23(27)25-18-10-8-17(9-11-18)21-12-13-24-29-21/h2-15,20H,16H2,1H3,(H,25,27). The molecule has 4 aromatic rings. The monoisotopic (exact) mass is 387 g/mol. The van der Waals surface area contributed by atoms with Gasteiger partial charge in [-0.25, -0.2) is 0 Å². The molecule has 0 aliphatic carbocycles. The molecule has 6 nitrogen and oxygen atoms in total. The zero-order valence-electron chi connectivity index (χ0n) is 16.0. The van der Waals surface area contributed by atoms with Gasteiger partial charge in [-0.1, -0.05) is 23.4 Å². The van der Waals surface area contributed by atoms with Crippen LogP contribution in [0.3, 0.4) is 0 Å². The smallest absolute Gasteiger partial charge is 0.226 e. The number of amides is 1. The second-order valence-corrected chi connectivity index (χ2v) is 6.59. The summed E-state index contributed by atoms with van der Waals surface area (Å²) < 4.78 is 12.7. The molecule has 6 heteroatoms. The molecule has 4 rings (SSSR count). The van der Waals surface area contributed by atoms with Crippen LogP contribution < -0.4 is 10.1 Å². The van der Waals surface area contributed by atoms with Crippen molar-refractivity contribution in [3.8, 4) is 17.1 Å². The number of benzene rings is 2. The summed E-state index contributed by atoms with van der Waals surface area (Å²) in [5.41, 5.74) is 2.59. The minimum atomic E-state index is -0.172. The molecule has 1 N–H and O–H groups in total. The maximum Gasteiger partial charge on any atom is 0.226 e. The predicted octanol–water partition coefficient (Wildman–Crippen LogP) is 4.77. The quantitative estimate of drug-likeness (QED) is 0.496. The van der Waals surface area contributed by atoms with Gasteiger partial charge in [-0.15, -0.1) is 0 Å². The number of para-hydroxylation sites is 1. The lowest BCUT2D eigenvalue weighted by atomic mass is 10.0. The summed E-state index contributed by atoms with van der Waals surface area (Å²) in [4.78, 5) is 12.8. The van der Waals surface area contributed by atoms with Gasteiger partial charge >= 0.3 is 0 Å². The molecule has 2 aromatic heterocycles. The molecule has 2 aromatic carbocycles. The first kappa shape index (κ1) is 18.6. The Morgan fingerprint density at radius 2 is 1.83 bits per heavy atom. The Morgan fingerprint density at radius 1 is 1.07 bits per heavy atom. The van der Waals surface area contributed by atoms with Crippen molar-refractivity contribution in [2.75, 3.05) is 12.4 Å². The van der Waals surface area contributed by atoms with Crippen molar-refractivity contribution >= 4 is 11.6 Å². The summed E-state index contributed by atoms with van der Waals surface area (Å²) in [6.07, 6.45) is 5.79. The highest BCUT2D eigenvalue weighted by atomic mass is 16.5. The van der Waals surface area contributed by atoms with Crippen LogP contribution in [0.25, 0.3) is 11.3 Å². The highest BCUT2D eigenvalue weighted by Crippen LogP contribution is 2.31. The highest BCUT2D eigenvalue weighted by Gasteiger charge is 2.21. The largest absolute Gasteiger partial charge is 0.496 e. The lowest BCUT2D eigenvalue weighted by molar-refractivity contribution is -0.116. The normalized spacial score (nSPS) is 11.8. The Labute approximate surface area is 168 Å². The molecule has 0 aliphatic rings.